The molecule has 0 saturated heterocycles. The summed E-state index contributed by atoms with van der Waals surface area (Å²) in [5, 5.41) is 12.1. The van der Waals surface area contributed by atoms with Crippen LogP contribution in [-0.4, -0.2) is 33.0 Å². The van der Waals surface area contributed by atoms with Gasteiger partial charge in [-0.1, -0.05) is 6.07 Å². The maximum absolute atomic E-state index is 8.96. The minimum atomic E-state index is 0.129. The fourth-order valence-corrected chi connectivity index (χ4v) is 1.68. The summed E-state index contributed by atoms with van der Waals surface area (Å²) in [5.41, 5.74) is 1.08. The Morgan fingerprint density at radius 2 is 1.94 bits per heavy atom. The van der Waals surface area contributed by atoms with Crippen LogP contribution in [0.15, 0.2) is 18.2 Å². The van der Waals surface area contributed by atoms with Gasteiger partial charge in [-0.15, -0.1) is 0 Å². The highest BCUT2D eigenvalue weighted by Gasteiger charge is 2.11. The van der Waals surface area contributed by atoms with E-state index in [9.17, 15) is 0 Å². The first-order valence-corrected chi connectivity index (χ1v) is 5.26. The second kappa shape index (κ2) is 6.35. The van der Waals surface area contributed by atoms with Gasteiger partial charge in [0.15, 0.2) is 11.5 Å². The molecule has 4 heteroatoms. The summed E-state index contributed by atoms with van der Waals surface area (Å²) in [6.45, 7) is 0.153. The molecule has 0 spiro atoms. The van der Waals surface area contributed by atoms with Crippen molar-refractivity contribution in [1.29, 1.82) is 0 Å². The molecule has 0 bridgehead atoms. The second-order valence-electron chi connectivity index (χ2n) is 3.47. The molecule has 90 valence electrons. The number of ether oxygens (including phenoxy) is 2. The Labute approximate surface area is 96.2 Å². The predicted octanol–water partition coefficient (Wildman–Crippen LogP) is 1.35. The van der Waals surface area contributed by atoms with E-state index in [2.05, 4.69) is 5.32 Å². The Balaban J connectivity index is 2.96. The van der Waals surface area contributed by atoms with Crippen LogP contribution in [0.5, 0.6) is 11.5 Å². The summed E-state index contributed by atoms with van der Waals surface area (Å²) < 4.78 is 10.4. The molecule has 2 N–H and O–H groups in total. The van der Waals surface area contributed by atoms with Crippen LogP contribution in [0.25, 0.3) is 0 Å². The molecule has 0 heterocycles. The summed E-state index contributed by atoms with van der Waals surface area (Å²) in [6.07, 6.45) is 0.673. The van der Waals surface area contributed by atoms with E-state index in [-0.39, 0.29) is 12.6 Å². The second-order valence-corrected chi connectivity index (χ2v) is 3.47. The fraction of sp³-hybridized carbons (Fsp3) is 0.500. The number of hydrogen-bond acceptors (Lipinski definition) is 4. The molecular weight excluding hydrogens is 206 g/mol. The van der Waals surface area contributed by atoms with E-state index in [1.165, 1.54) is 0 Å². The normalized spacial score (nSPS) is 12.2. The van der Waals surface area contributed by atoms with E-state index in [1.807, 2.05) is 25.2 Å². The highest BCUT2D eigenvalue weighted by Crippen LogP contribution is 2.30. The van der Waals surface area contributed by atoms with Gasteiger partial charge < -0.3 is 19.9 Å². The standard InChI is InChI=1S/C12H19NO3/c1-13-10(6-7-14)9-4-5-11(15-2)12(8-9)16-3/h4-5,8,10,13-14H,6-7H2,1-3H3. The Kier molecular flexibility index (Phi) is 5.08. The van der Waals surface area contributed by atoms with E-state index < -0.39 is 0 Å². The monoisotopic (exact) mass is 225 g/mol. The zero-order valence-electron chi connectivity index (χ0n) is 9.99. The van der Waals surface area contributed by atoms with Gasteiger partial charge in [0.25, 0.3) is 0 Å². The third kappa shape index (κ3) is 2.87. The van der Waals surface area contributed by atoms with Crippen molar-refractivity contribution in [3.8, 4) is 11.5 Å². The van der Waals surface area contributed by atoms with Crippen molar-refractivity contribution in [2.75, 3.05) is 27.9 Å². The molecule has 0 aliphatic carbocycles. The highest BCUT2D eigenvalue weighted by molar-refractivity contribution is 5.43. The van der Waals surface area contributed by atoms with Crippen LogP contribution in [0.3, 0.4) is 0 Å². The average Bonchev–Trinajstić information content (AvgIpc) is 2.35. The van der Waals surface area contributed by atoms with Crippen LogP contribution < -0.4 is 14.8 Å². The van der Waals surface area contributed by atoms with Crippen LogP contribution >= 0.6 is 0 Å². The van der Waals surface area contributed by atoms with Gasteiger partial charge in [0.2, 0.25) is 0 Å². The molecule has 4 nitrogen and oxygen atoms in total. The summed E-state index contributed by atoms with van der Waals surface area (Å²) in [4.78, 5) is 0. The van der Waals surface area contributed by atoms with Crippen molar-refractivity contribution < 1.29 is 14.6 Å². The van der Waals surface area contributed by atoms with Gasteiger partial charge in [0.1, 0.15) is 0 Å². The lowest BCUT2D eigenvalue weighted by Gasteiger charge is -2.17. The zero-order chi connectivity index (χ0) is 12.0. The molecule has 0 amide bonds. The van der Waals surface area contributed by atoms with E-state index in [4.69, 9.17) is 14.6 Å². The molecule has 1 unspecified atom stereocenters. The fourth-order valence-electron chi connectivity index (χ4n) is 1.68. The third-order valence-electron chi connectivity index (χ3n) is 2.58. The largest absolute Gasteiger partial charge is 0.493 e. The molecule has 0 aromatic heterocycles. The van der Waals surface area contributed by atoms with Gasteiger partial charge in [-0.05, 0) is 31.2 Å². The molecule has 0 aliphatic rings. The minimum absolute atomic E-state index is 0.129. The molecule has 1 atom stereocenters. The number of nitrogens with one attached hydrogen (secondary N) is 1. The van der Waals surface area contributed by atoms with Crippen molar-refractivity contribution in [3.05, 3.63) is 23.8 Å². The third-order valence-corrected chi connectivity index (χ3v) is 2.58. The number of hydrogen-bond donors (Lipinski definition) is 2. The molecule has 0 radical (unpaired) electrons. The van der Waals surface area contributed by atoms with E-state index in [1.54, 1.807) is 14.2 Å². The quantitative estimate of drug-likeness (QED) is 0.767. The van der Waals surface area contributed by atoms with Gasteiger partial charge in [0.05, 0.1) is 14.2 Å². The Morgan fingerprint density at radius 3 is 2.44 bits per heavy atom. The van der Waals surface area contributed by atoms with Crippen molar-refractivity contribution in [3.63, 3.8) is 0 Å². The first-order chi connectivity index (χ1) is 7.76. The minimum Gasteiger partial charge on any atom is -0.493 e. The predicted molar refractivity (Wildman–Crippen MR) is 63.0 cm³/mol. The molecule has 0 saturated carbocycles. The summed E-state index contributed by atoms with van der Waals surface area (Å²) in [7, 11) is 5.10. The topological polar surface area (TPSA) is 50.7 Å². The summed E-state index contributed by atoms with van der Waals surface area (Å²) >= 11 is 0. The Hall–Kier alpha value is -1.26. The van der Waals surface area contributed by atoms with Gasteiger partial charge in [0, 0.05) is 12.6 Å². The summed E-state index contributed by atoms with van der Waals surface area (Å²) in [6, 6.07) is 5.90. The van der Waals surface area contributed by atoms with Gasteiger partial charge in [-0.2, -0.15) is 0 Å². The highest BCUT2D eigenvalue weighted by atomic mass is 16.5. The molecule has 1 aromatic rings. The van der Waals surface area contributed by atoms with Crippen LogP contribution in [0, 0.1) is 0 Å². The Morgan fingerprint density at radius 1 is 1.25 bits per heavy atom. The molecule has 1 aromatic carbocycles. The van der Waals surface area contributed by atoms with Crippen molar-refractivity contribution >= 4 is 0 Å². The van der Waals surface area contributed by atoms with Crippen molar-refractivity contribution in [2.24, 2.45) is 0 Å². The number of aliphatic hydroxyl groups excluding tert-OH is 1. The number of aliphatic hydroxyl groups is 1. The van der Waals surface area contributed by atoms with E-state index in [0.717, 1.165) is 5.56 Å². The lowest BCUT2D eigenvalue weighted by Crippen LogP contribution is -2.17. The van der Waals surface area contributed by atoms with Crippen LogP contribution in [0.2, 0.25) is 0 Å². The molecule has 16 heavy (non-hydrogen) atoms. The SMILES string of the molecule is CNC(CCO)c1ccc(OC)c(OC)c1. The first-order valence-electron chi connectivity index (χ1n) is 5.26. The Bertz CT molecular complexity index is 328. The van der Waals surface area contributed by atoms with Crippen LogP contribution in [0.1, 0.15) is 18.0 Å². The smallest absolute Gasteiger partial charge is 0.161 e. The van der Waals surface area contributed by atoms with Gasteiger partial charge >= 0.3 is 0 Å². The first kappa shape index (κ1) is 12.8. The lowest BCUT2D eigenvalue weighted by atomic mass is 10.0. The van der Waals surface area contributed by atoms with Crippen molar-refractivity contribution in [2.45, 2.75) is 12.5 Å². The number of benzene rings is 1. The summed E-state index contributed by atoms with van der Waals surface area (Å²) in [5.74, 6) is 1.42. The maximum Gasteiger partial charge on any atom is 0.161 e. The van der Waals surface area contributed by atoms with Crippen LogP contribution in [0.4, 0.5) is 0 Å². The molecule has 1 rings (SSSR count). The van der Waals surface area contributed by atoms with Gasteiger partial charge in [-0.25, -0.2) is 0 Å². The molecule has 0 fully saturated rings. The van der Waals surface area contributed by atoms with Crippen molar-refractivity contribution in [1.82, 2.24) is 5.32 Å². The van der Waals surface area contributed by atoms with Gasteiger partial charge in [-0.3, -0.25) is 0 Å². The van der Waals surface area contributed by atoms with E-state index >= 15 is 0 Å². The average molecular weight is 225 g/mol. The lowest BCUT2D eigenvalue weighted by molar-refractivity contribution is 0.268. The number of methoxy groups -OCH3 is 2. The molecular formula is C12H19NO3. The van der Waals surface area contributed by atoms with Crippen LogP contribution in [-0.2, 0) is 0 Å². The zero-order valence-corrected chi connectivity index (χ0v) is 9.99. The van der Waals surface area contributed by atoms with E-state index in [0.29, 0.717) is 17.9 Å². The maximum atomic E-state index is 8.96. The molecule has 0 aliphatic heterocycles. The number of rotatable bonds is 6.